The number of aromatic nitrogens is 5. The van der Waals surface area contributed by atoms with Crippen molar-refractivity contribution in [2.24, 2.45) is 0 Å². The van der Waals surface area contributed by atoms with E-state index in [1.165, 1.54) is 39.8 Å². The Hall–Kier alpha value is -3.77. The van der Waals surface area contributed by atoms with Gasteiger partial charge in [-0.15, -0.1) is 0 Å². The third-order valence-corrected chi connectivity index (χ3v) is 8.57. The SMILES string of the molecule is CCOc1ccc(-n2c(=S)sc3c(=O)n(-c4ccccc4)c(SCc4cc(=O)n5cc(Cl)ccc5n4)nc32)cc1. The van der Waals surface area contributed by atoms with E-state index in [2.05, 4.69) is 4.98 Å². The van der Waals surface area contributed by atoms with Gasteiger partial charge in [0.2, 0.25) is 0 Å². The summed E-state index contributed by atoms with van der Waals surface area (Å²) in [4.78, 5) is 36.2. The Morgan fingerprint density at radius 1 is 0.975 bits per heavy atom. The normalized spacial score (nSPS) is 11.3. The fourth-order valence-electron chi connectivity index (χ4n) is 4.26. The topological polar surface area (TPSA) is 83.4 Å². The molecular formula is C28H20ClN5O3S3. The minimum absolute atomic E-state index is 0.222. The fourth-order valence-corrected chi connectivity index (χ4v) is 6.62. The number of para-hydroxylation sites is 1. The van der Waals surface area contributed by atoms with E-state index in [0.717, 1.165) is 11.4 Å². The first-order valence-corrected chi connectivity index (χ1v) is 14.8. The van der Waals surface area contributed by atoms with Gasteiger partial charge < -0.3 is 4.74 Å². The Morgan fingerprint density at radius 3 is 2.48 bits per heavy atom. The van der Waals surface area contributed by atoms with Crippen molar-refractivity contribution in [1.29, 1.82) is 0 Å². The summed E-state index contributed by atoms with van der Waals surface area (Å²) in [5, 5.41) is 0.898. The van der Waals surface area contributed by atoms with E-state index in [0.29, 0.717) is 53.9 Å². The third-order valence-electron chi connectivity index (χ3n) is 6.02. The molecule has 0 spiro atoms. The van der Waals surface area contributed by atoms with Crippen molar-refractivity contribution >= 4 is 62.9 Å². The van der Waals surface area contributed by atoms with Crippen LogP contribution in [0.15, 0.2) is 93.7 Å². The Kier molecular flexibility index (Phi) is 7.28. The minimum Gasteiger partial charge on any atom is -0.494 e. The van der Waals surface area contributed by atoms with Crippen LogP contribution in [-0.4, -0.2) is 30.1 Å². The summed E-state index contributed by atoms with van der Waals surface area (Å²) in [6.07, 6.45) is 1.54. The van der Waals surface area contributed by atoms with Crippen LogP contribution < -0.4 is 15.9 Å². The first-order chi connectivity index (χ1) is 19.4. The average molecular weight is 606 g/mol. The lowest BCUT2D eigenvalue weighted by molar-refractivity contribution is 0.340. The molecule has 0 atom stereocenters. The molecule has 40 heavy (non-hydrogen) atoms. The molecule has 0 unspecified atom stereocenters. The van der Waals surface area contributed by atoms with Gasteiger partial charge in [-0.25, -0.2) is 9.97 Å². The lowest BCUT2D eigenvalue weighted by Gasteiger charge is -2.13. The van der Waals surface area contributed by atoms with Crippen LogP contribution in [0.5, 0.6) is 5.75 Å². The molecule has 8 nitrogen and oxygen atoms in total. The monoisotopic (exact) mass is 605 g/mol. The van der Waals surface area contributed by atoms with Crippen LogP contribution in [0.25, 0.3) is 27.4 Å². The Morgan fingerprint density at radius 2 is 1.73 bits per heavy atom. The summed E-state index contributed by atoms with van der Waals surface area (Å²) in [6.45, 7) is 2.49. The number of nitrogens with zero attached hydrogens (tertiary/aromatic N) is 5. The summed E-state index contributed by atoms with van der Waals surface area (Å²) in [5.74, 6) is 1.06. The smallest absolute Gasteiger partial charge is 0.278 e. The molecule has 4 heterocycles. The highest BCUT2D eigenvalue weighted by Crippen LogP contribution is 2.29. The zero-order valence-electron chi connectivity index (χ0n) is 21.0. The maximum absolute atomic E-state index is 13.9. The molecule has 0 saturated carbocycles. The first kappa shape index (κ1) is 26.5. The molecule has 200 valence electrons. The maximum atomic E-state index is 13.9. The van der Waals surface area contributed by atoms with Gasteiger partial charge >= 0.3 is 0 Å². The number of halogens is 1. The van der Waals surface area contributed by atoms with E-state index in [-0.39, 0.29) is 11.1 Å². The van der Waals surface area contributed by atoms with Crippen molar-refractivity contribution in [3.8, 4) is 17.1 Å². The van der Waals surface area contributed by atoms with E-state index in [9.17, 15) is 9.59 Å². The predicted octanol–water partition coefficient (Wildman–Crippen LogP) is 6.32. The van der Waals surface area contributed by atoms with Gasteiger partial charge in [0.25, 0.3) is 11.1 Å². The van der Waals surface area contributed by atoms with Gasteiger partial charge in [-0.2, -0.15) is 0 Å². The fraction of sp³-hybridized carbons (Fsp3) is 0.107. The zero-order valence-corrected chi connectivity index (χ0v) is 24.2. The number of hydrogen-bond donors (Lipinski definition) is 0. The zero-order chi connectivity index (χ0) is 27.8. The molecular weight excluding hydrogens is 586 g/mol. The summed E-state index contributed by atoms with van der Waals surface area (Å²) in [6, 6.07) is 21.7. The summed E-state index contributed by atoms with van der Waals surface area (Å²) < 4.78 is 11.3. The number of thiazole rings is 1. The van der Waals surface area contributed by atoms with Crippen molar-refractivity contribution in [3.63, 3.8) is 0 Å². The van der Waals surface area contributed by atoms with E-state index in [4.69, 9.17) is 33.5 Å². The second kappa shape index (κ2) is 11.0. The van der Waals surface area contributed by atoms with Crippen LogP contribution in [-0.2, 0) is 5.75 Å². The number of pyridine rings is 1. The van der Waals surface area contributed by atoms with Crippen LogP contribution in [0.2, 0.25) is 5.02 Å². The summed E-state index contributed by atoms with van der Waals surface area (Å²) in [7, 11) is 0. The summed E-state index contributed by atoms with van der Waals surface area (Å²) >= 11 is 14.3. The Labute approximate surface area is 246 Å². The lowest BCUT2D eigenvalue weighted by atomic mass is 10.3. The van der Waals surface area contributed by atoms with E-state index in [1.807, 2.05) is 61.5 Å². The van der Waals surface area contributed by atoms with Crippen LogP contribution in [0.3, 0.4) is 0 Å². The molecule has 0 aliphatic carbocycles. The molecule has 0 fully saturated rings. The van der Waals surface area contributed by atoms with Gasteiger partial charge in [0.1, 0.15) is 16.1 Å². The maximum Gasteiger partial charge on any atom is 0.278 e. The molecule has 6 rings (SSSR count). The Bertz CT molecular complexity index is 2050. The average Bonchev–Trinajstić information content (AvgIpc) is 3.29. The molecule has 0 aliphatic rings. The van der Waals surface area contributed by atoms with Crippen LogP contribution in [0.1, 0.15) is 12.6 Å². The van der Waals surface area contributed by atoms with Crippen molar-refractivity contribution in [2.45, 2.75) is 17.8 Å². The van der Waals surface area contributed by atoms with E-state index in [1.54, 1.807) is 21.3 Å². The van der Waals surface area contributed by atoms with Crippen LogP contribution >= 0.6 is 46.9 Å². The molecule has 0 aliphatic heterocycles. The number of hydrogen-bond acceptors (Lipinski definition) is 8. The molecule has 0 bridgehead atoms. The quantitative estimate of drug-likeness (QED) is 0.120. The molecule has 0 amide bonds. The third kappa shape index (κ3) is 4.97. The van der Waals surface area contributed by atoms with Crippen LogP contribution in [0.4, 0.5) is 0 Å². The van der Waals surface area contributed by atoms with Gasteiger partial charge in [0, 0.05) is 23.7 Å². The molecule has 0 radical (unpaired) electrons. The van der Waals surface area contributed by atoms with Gasteiger partial charge in [-0.3, -0.25) is 23.1 Å². The van der Waals surface area contributed by atoms with Gasteiger partial charge in [0.15, 0.2) is 14.8 Å². The van der Waals surface area contributed by atoms with Crippen molar-refractivity contribution in [1.82, 2.24) is 23.5 Å². The predicted molar refractivity (Wildman–Crippen MR) is 163 cm³/mol. The van der Waals surface area contributed by atoms with Gasteiger partial charge in [-0.1, -0.05) is 52.9 Å². The standard InChI is InChI=1S/C28H20ClN5O3S3/c1-2-37-21-11-9-20(10-12-21)33-25-24(40-28(33)38)26(36)34(19-6-4-3-5-7-19)27(31-25)39-16-18-14-23(35)32-15-17(29)8-13-22(32)30-18/h3-15H,2,16H2,1H3. The molecule has 12 heteroatoms. The van der Waals surface area contributed by atoms with Gasteiger partial charge in [0.05, 0.1) is 23.0 Å². The largest absolute Gasteiger partial charge is 0.494 e. The highest BCUT2D eigenvalue weighted by Gasteiger charge is 2.19. The molecule has 2 aromatic carbocycles. The number of rotatable bonds is 7. The second-order valence-corrected chi connectivity index (χ2v) is 11.6. The number of thioether (sulfide) groups is 1. The Balaban J connectivity index is 1.48. The van der Waals surface area contributed by atoms with E-state index < -0.39 is 0 Å². The molecule has 6 aromatic rings. The second-order valence-electron chi connectivity index (χ2n) is 8.60. The van der Waals surface area contributed by atoms with Gasteiger partial charge in [-0.05, 0) is 67.7 Å². The number of ether oxygens (including phenoxy) is 1. The highest BCUT2D eigenvalue weighted by atomic mass is 35.5. The lowest BCUT2D eigenvalue weighted by Crippen LogP contribution is -2.21. The van der Waals surface area contributed by atoms with E-state index >= 15 is 0 Å². The first-order valence-electron chi connectivity index (χ1n) is 12.2. The van der Waals surface area contributed by atoms with Crippen molar-refractivity contribution in [2.75, 3.05) is 6.61 Å². The minimum atomic E-state index is -0.242. The number of benzene rings is 2. The molecule has 4 aromatic heterocycles. The molecule has 0 N–H and O–H groups in total. The van der Waals surface area contributed by atoms with Crippen molar-refractivity contribution in [3.05, 3.63) is 114 Å². The summed E-state index contributed by atoms with van der Waals surface area (Å²) in [5.41, 5.74) is 2.51. The number of fused-ring (bicyclic) bond motifs is 2. The van der Waals surface area contributed by atoms with Crippen molar-refractivity contribution < 1.29 is 4.74 Å². The highest BCUT2D eigenvalue weighted by molar-refractivity contribution is 7.98. The molecule has 0 saturated heterocycles. The van der Waals surface area contributed by atoms with Crippen LogP contribution in [0, 0.1) is 3.95 Å².